The van der Waals surface area contributed by atoms with Crippen molar-refractivity contribution in [3.8, 4) is 0 Å². The minimum atomic E-state index is -3.69. The van der Waals surface area contributed by atoms with Gasteiger partial charge in [-0.2, -0.15) is 4.31 Å². The molecular weight excluding hydrogens is 355 g/mol. The molecule has 0 aliphatic carbocycles. The summed E-state index contributed by atoms with van der Waals surface area (Å²) in [6.45, 7) is 1.74. The summed E-state index contributed by atoms with van der Waals surface area (Å²) < 4.78 is 42.2. The van der Waals surface area contributed by atoms with Gasteiger partial charge in [-0.1, -0.05) is 18.2 Å². The summed E-state index contributed by atoms with van der Waals surface area (Å²) in [6.07, 6.45) is 0. The summed E-state index contributed by atoms with van der Waals surface area (Å²) in [5.74, 6) is 0.276. The van der Waals surface area contributed by atoms with Crippen molar-refractivity contribution in [3.05, 3.63) is 54.3 Å². The largest absolute Gasteiger partial charge is 0.340 e. The third kappa shape index (κ3) is 2.85. The first-order chi connectivity index (χ1) is 12.5. The first kappa shape index (κ1) is 17.0. The number of halogens is 1. The van der Waals surface area contributed by atoms with E-state index in [0.29, 0.717) is 26.2 Å². The van der Waals surface area contributed by atoms with E-state index in [1.165, 1.54) is 22.5 Å². The Balaban J connectivity index is 1.54. The molecule has 2 aromatic carbocycles. The van der Waals surface area contributed by atoms with Gasteiger partial charge in [0.2, 0.25) is 16.0 Å². The number of hydrogen-bond donors (Lipinski definition) is 0. The first-order valence-electron chi connectivity index (χ1n) is 8.39. The molecule has 8 heteroatoms. The number of imidazole rings is 1. The van der Waals surface area contributed by atoms with Crippen molar-refractivity contribution < 1.29 is 12.8 Å². The predicted molar refractivity (Wildman–Crippen MR) is 98.1 cm³/mol. The Morgan fingerprint density at radius 1 is 1.00 bits per heavy atom. The summed E-state index contributed by atoms with van der Waals surface area (Å²) in [4.78, 5) is 6.74. The standard InChI is InChI=1S/C18H19FN4O2S/c1-21-17-8-3-2-7-16(17)20-18(21)22-9-11-23(12-10-22)26(24,25)15-6-4-5-14(19)13-15/h2-8,13H,9-12H2,1H3. The van der Waals surface area contributed by atoms with Gasteiger partial charge in [-0.3, -0.25) is 0 Å². The maximum atomic E-state index is 13.4. The molecule has 0 N–H and O–H groups in total. The number of sulfonamides is 1. The summed E-state index contributed by atoms with van der Waals surface area (Å²) >= 11 is 0. The molecule has 136 valence electrons. The molecule has 0 saturated carbocycles. The maximum Gasteiger partial charge on any atom is 0.243 e. The monoisotopic (exact) mass is 374 g/mol. The van der Waals surface area contributed by atoms with Crippen molar-refractivity contribution in [2.24, 2.45) is 7.05 Å². The van der Waals surface area contributed by atoms with E-state index < -0.39 is 15.8 Å². The van der Waals surface area contributed by atoms with E-state index in [1.54, 1.807) is 0 Å². The number of fused-ring (bicyclic) bond motifs is 1. The van der Waals surface area contributed by atoms with E-state index in [4.69, 9.17) is 0 Å². The van der Waals surface area contributed by atoms with E-state index in [1.807, 2.05) is 35.9 Å². The lowest BCUT2D eigenvalue weighted by Gasteiger charge is -2.34. The predicted octanol–water partition coefficient (Wildman–Crippen LogP) is 2.22. The number of hydrogen-bond acceptors (Lipinski definition) is 4. The molecule has 0 bridgehead atoms. The van der Waals surface area contributed by atoms with E-state index in [9.17, 15) is 12.8 Å². The Kier molecular flexibility index (Phi) is 4.16. The minimum absolute atomic E-state index is 0.00585. The zero-order valence-electron chi connectivity index (χ0n) is 14.3. The topological polar surface area (TPSA) is 58.4 Å². The SMILES string of the molecule is Cn1c(N2CCN(S(=O)(=O)c3cccc(F)c3)CC2)nc2ccccc21. The molecule has 1 fully saturated rings. The second kappa shape index (κ2) is 6.37. The van der Waals surface area contributed by atoms with Crippen LogP contribution in [0.25, 0.3) is 11.0 Å². The highest BCUT2D eigenvalue weighted by Crippen LogP contribution is 2.24. The van der Waals surface area contributed by atoms with E-state index in [-0.39, 0.29) is 4.90 Å². The van der Waals surface area contributed by atoms with Crippen molar-refractivity contribution in [1.82, 2.24) is 13.9 Å². The van der Waals surface area contributed by atoms with Crippen LogP contribution in [-0.2, 0) is 17.1 Å². The third-order valence-corrected chi connectivity index (χ3v) is 6.61. The number of anilines is 1. The van der Waals surface area contributed by atoms with Gasteiger partial charge >= 0.3 is 0 Å². The summed E-state index contributed by atoms with van der Waals surface area (Å²) in [6, 6.07) is 13.0. The molecule has 1 aliphatic rings. The Hall–Kier alpha value is -2.45. The summed E-state index contributed by atoms with van der Waals surface area (Å²) in [5.41, 5.74) is 1.96. The third-order valence-electron chi connectivity index (χ3n) is 4.72. The Labute approximate surface area is 151 Å². The van der Waals surface area contributed by atoms with Crippen LogP contribution in [0.3, 0.4) is 0 Å². The summed E-state index contributed by atoms with van der Waals surface area (Å²) in [7, 11) is -1.73. The molecule has 1 saturated heterocycles. The van der Waals surface area contributed by atoms with Crippen LogP contribution in [0.2, 0.25) is 0 Å². The maximum absolute atomic E-state index is 13.4. The van der Waals surface area contributed by atoms with Gasteiger partial charge < -0.3 is 9.47 Å². The molecular formula is C18H19FN4O2S. The Bertz CT molecular complexity index is 1060. The first-order valence-corrected chi connectivity index (χ1v) is 9.83. The molecule has 0 amide bonds. The molecule has 0 atom stereocenters. The van der Waals surface area contributed by atoms with Gasteiger partial charge in [0, 0.05) is 33.2 Å². The van der Waals surface area contributed by atoms with Crippen molar-refractivity contribution >= 4 is 27.0 Å². The quantitative estimate of drug-likeness (QED) is 0.705. The van der Waals surface area contributed by atoms with Gasteiger partial charge in [0.1, 0.15) is 5.82 Å². The number of para-hydroxylation sites is 2. The van der Waals surface area contributed by atoms with Gasteiger partial charge in [0.05, 0.1) is 15.9 Å². The fourth-order valence-corrected chi connectivity index (χ4v) is 4.77. The van der Waals surface area contributed by atoms with Crippen molar-refractivity contribution in [3.63, 3.8) is 0 Å². The van der Waals surface area contributed by atoms with E-state index in [0.717, 1.165) is 23.0 Å². The normalized spacial score (nSPS) is 16.3. The lowest BCUT2D eigenvalue weighted by molar-refractivity contribution is 0.381. The Morgan fingerprint density at radius 3 is 2.42 bits per heavy atom. The molecule has 2 heterocycles. The molecule has 4 rings (SSSR count). The van der Waals surface area contributed by atoms with E-state index >= 15 is 0 Å². The van der Waals surface area contributed by atoms with Crippen molar-refractivity contribution in [2.75, 3.05) is 31.1 Å². The molecule has 26 heavy (non-hydrogen) atoms. The number of piperazine rings is 1. The molecule has 1 aromatic heterocycles. The minimum Gasteiger partial charge on any atom is -0.340 e. The Morgan fingerprint density at radius 2 is 1.73 bits per heavy atom. The van der Waals surface area contributed by atoms with Gasteiger partial charge in [-0.25, -0.2) is 17.8 Å². The number of aryl methyl sites for hydroxylation is 1. The number of aromatic nitrogens is 2. The molecule has 1 aliphatic heterocycles. The number of benzene rings is 2. The average Bonchev–Trinajstić information content (AvgIpc) is 2.99. The zero-order chi connectivity index (χ0) is 18.3. The fraction of sp³-hybridized carbons (Fsp3) is 0.278. The molecule has 0 unspecified atom stereocenters. The number of nitrogens with zero attached hydrogens (tertiary/aromatic N) is 4. The molecule has 0 spiro atoms. The van der Waals surface area contributed by atoms with Crippen LogP contribution in [0, 0.1) is 5.82 Å². The van der Waals surface area contributed by atoms with Crippen LogP contribution >= 0.6 is 0 Å². The van der Waals surface area contributed by atoms with Crippen LogP contribution in [0.15, 0.2) is 53.4 Å². The summed E-state index contributed by atoms with van der Waals surface area (Å²) in [5, 5.41) is 0. The van der Waals surface area contributed by atoms with Gasteiger partial charge in [0.25, 0.3) is 0 Å². The van der Waals surface area contributed by atoms with Crippen LogP contribution in [0.5, 0.6) is 0 Å². The van der Waals surface area contributed by atoms with Gasteiger partial charge in [-0.05, 0) is 30.3 Å². The highest BCUT2D eigenvalue weighted by molar-refractivity contribution is 7.89. The van der Waals surface area contributed by atoms with Crippen LogP contribution in [0.1, 0.15) is 0 Å². The highest BCUT2D eigenvalue weighted by atomic mass is 32.2. The number of rotatable bonds is 3. The molecule has 3 aromatic rings. The van der Waals surface area contributed by atoms with Crippen molar-refractivity contribution in [2.45, 2.75) is 4.90 Å². The second-order valence-electron chi connectivity index (χ2n) is 6.31. The van der Waals surface area contributed by atoms with E-state index in [2.05, 4.69) is 9.88 Å². The van der Waals surface area contributed by atoms with Crippen molar-refractivity contribution in [1.29, 1.82) is 0 Å². The van der Waals surface area contributed by atoms with Gasteiger partial charge in [0.15, 0.2) is 0 Å². The average molecular weight is 374 g/mol. The van der Waals surface area contributed by atoms with Crippen LogP contribution in [-0.4, -0.2) is 48.5 Å². The molecule has 0 radical (unpaired) electrons. The lowest BCUT2D eigenvalue weighted by Crippen LogP contribution is -2.49. The van der Waals surface area contributed by atoms with Gasteiger partial charge in [-0.15, -0.1) is 0 Å². The lowest BCUT2D eigenvalue weighted by atomic mass is 10.3. The smallest absolute Gasteiger partial charge is 0.243 e. The fourth-order valence-electron chi connectivity index (χ4n) is 3.32. The second-order valence-corrected chi connectivity index (χ2v) is 8.25. The molecule has 6 nitrogen and oxygen atoms in total. The van der Waals surface area contributed by atoms with Crippen LogP contribution in [0.4, 0.5) is 10.3 Å². The highest BCUT2D eigenvalue weighted by Gasteiger charge is 2.30. The van der Waals surface area contributed by atoms with Crippen LogP contribution < -0.4 is 4.90 Å². The zero-order valence-corrected chi connectivity index (χ0v) is 15.2.